The van der Waals surface area contributed by atoms with Gasteiger partial charge in [-0.1, -0.05) is 12.1 Å². The van der Waals surface area contributed by atoms with Crippen molar-refractivity contribution in [1.82, 2.24) is 4.98 Å². The number of hydrogen-bond acceptors (Lipinski definition) is 4. The van der Waals surface area contributed by atoms with Crippen LogP contribution in [0.2, 0.25) is 0 Å². The number of pyridine rings is 1. The van der Waals surface area contributed by atoms with Crippen molar-refractivity contribution >= 4 is 0 Å². The number of halogens is 1. The van der Waals surface area contributed by atoms with E-state index in [1.165, 1.54) is 13.2 Å². The Labute approximate surface area is 123 Å². The van der Waals surface area contributed by atoms with Gasteiger partial charge in [-0.3, -0.25) is 0 Å². The summed E-state index contributed by atoms with van der Waals surface area (Å²) in [4.78, 5) is 4.09. The third kappa shape index (κ3) is 3.92. The highest BCUT2D eigenvalue weighted by Crippen LogP contribution is 2.26. The van der Waals surface area contributed by atoms with Crippen molar-refractivity contribution in [3.63, 3.8) is 0 Å². The molecule has 0 bridgehead atoms. The highest BCUT2D eigenvalue weighted by molar-refractivity contribution is 5.36. The van der Waals surface area contributed by atoms with Gasteiger partial charge < -0.3 is 15.2 Å². The summed E-state index contributed by atoms with van der Waals surface area (Å²) in [5.41, 5.74) is 7.30. The lowest BCUT2D eigenvalue weighted by Crippen LogP contribution is -2.18. The van der Waals surface area contributed by atoms with E-state index in [1.54, 1.807) is 18.3 Å². The molecule has 5 heteroatoms. The van der Waals surface area contributed by atoms with Gasteiger partial charge in [0.1, 0.15) is 6.61 Å². The van der Waals surface area contributed by atoms with E-state index in [0.29, 0.717) is 12.3 Å². The first kappa shape index (κ1) is 15.3. The first-order valence-corrected chi connectivity index (χ1v) is 6.75. The van der Waals surface area contributed by atoms with Crippen molar-refractivity contribution in [3.05, 3.63) is 53.5 Å². The number of nitrogens with two attached hydrogens (primary N) is 1. The second-order valence-electron chi connectivity index (χ2n) is 4.87. The second kappa shape index (κ2) is 7.04. The van der Waals surface area contributed by atoms with Gasteiger partial charge in [-0.15, -0.1) is 0 Å². The molecule has 4 nitrogen and oxygen atoms in total. The average Bonchev–Trinajstić information content (AvgIpc) is 2.46. The Bertz CT molecular complexity index is 603. The monoisotopic (exact) mass is 290 g/mol. The lowest BCUT2D eigenvalue weighted by atomic mass is 10.1. The Morgan fingerprint density at radius 3 is 2.71 bits per heavy atom. The zero-order valence-electron chi connectivity index (χ0n) is 12.2. The molecular weight excluding hydrogens is 271 g/mol. The Morgan fingerprint density at radius 1 is 1.24 bits per heavy atom. The number of para-hydroxylation sites is 1. The molecule has 0 amide bonds. The van der Waals surface area contributed by atoms with Crippen LogP contribution >= 0.6 is 0 Å². The molecule has 0 aliphatic rings. The molecular formula is C16H19FN2O2. The predicted molar refractivity (Wildman–Crippen MR) is 78.9 cm³/mol. The summed E-state index contributed by atoms with van der Waals surface area (Å²) in [6.07, 6.45) is 2.18. The van der Waals surface area contributed by atoms with Gasteiger partial charge in [-0.05, 0) is 37.1 Å². The maximum atomic E-state index is 14.0. The normalized spacial score (nSPS) is 12.0. The smallest absolute Gasteiger partial charge is 0.219 e. The Morgan fingerprint density at radius 2 is 2.00 bits per heavy atom. The summed E-state index contributed by atoms with van der Waals surface area (Å²) >= 11 is 0. The standard InChI is InChI=1S/C16H19FN2O2/c1-11(18)9-12-5-3-7-14(17)15(12)21-10-13-6-4-8-19-16(13)20-2/h3-8,11H,9-10,18H2,1-2H3. The van der Waals surface area contributed by atoms with Crippen LogP contribution in [0, 0.1) is 5.82 Å². The van der Waals surface area contributed by atoms with Crippen LogP contribution in [0.1, 0.15) is 18.1 Å². The van der Waals surface area contributed by atoms with Gasteiger partial charge in [0.2, 0.25) is 5.88 Å². The van der Waals surface area contributed by atoms with Crippen LogP contribution in [0.25, 0.3) is 0 Å². The molecule has 1 heterocycles. The molecule has 2 aromatic rings. The number of rotatable bonds is 6. The zero-order valence-corrected chi connectivity index (χ0v) is 12.2. The van der Waals surface area contributed by atoms with Gasteiger partial charge in [0.05, 0.1) is 12.7 Å². The lowest BCUT2D eigenvalue weighted by molar-refractivity contribution is 0.277. The van der Waals surface area contributed by atoms with Crippen LogP contribution < -0.4 is 15.2 Å². The number of ether oxygens (including phenoxy) is 2. The SMILES string of the molecule is COc1ncccc1COc1c(F)cccc1CC(C)N. The van der Waals surface area contributed by atoms with Crippen LogP contribution in [0.5, 0.6) is 11.6 Å². The largest absolute Gasteiger partial charge is 0.485 e. The molecule has 1 atom stereocenters. The summed E-state index contributed by atoms with van der Waals surface area (Å²) in [5.74, 6) is 0.319. The van der Waals surface area contributed by atoms with Crippen LogP contribution in [0.3, 0.4) is 0 Å². The van der Waals surface area contributed by atoms with E-state index < -0.39 is 5.82 Å². The fourth-order valence-corrected chi connectivity index (χ4v) is 2.09. The van der Waals surface area contributed by atoms with Crippen molar-refractivity contribution in [2.45, 2.75) is 26.0 Å². The molecule has 0 aliphatic heterocycles. The summed E-state index contributed by atoms with van der Waals surface area (Å²) in [6, 6.07) is 8.40. The fourth-order valence-electron chi connectivity index (χ4n) is 2.09. The summed E-state index contributed by atoms with van der Waals surface area (Å²) in [5, 5.41) is 0. The molecule has 0 aliphatic carbocycles. The van der Waals surface area contributed by atoms with Gasteiger partial charge >= 0.3 is 0 Å². The fraction of sp³-hybridized carbons (Fsp3) is 0.312. The molecule has 2 N–H and O–H groups in total. The number of methoxy groups -OCH3 is 1. The number of aromatic nitrogens is 1. The molecule has 0 spiro atoms. The van der Waals surface area contributed by atoms with Gasteiger partial charge in [-0.2, -0.15) is 0 Å². The Balaban J connectivity index is 2.19. The van der Waals surface area contributed by atoms with E-state index in [2.05, 4.69) is 4.98 Å². The third-order valence-corrected chi connectivity index (χ3v) is 3.01. The van der Waals surface area contributed by atoms with E-state index in [4.69, 9.17) is 15.2 Å². The van der Waals surface area contributed by atoms with E-state index in [1.807, 2.05) is 19.1 Å². The molecule has 2 rings (SSSR count). The van der Waals surface area contributed by atoms with E-state index in [9.17, 15) is 4.39 Å². The molecule has 0 radical (unpaired) electrons. The second-order valence-corrected chi connectivity index (χ2v) is 4.87. The minimum absolute atomic E-state index is 0.0675. The van der Waals surface area contributed by atoms with Gasteiger partial charge in [-0.25, -0.2) is 9.37 Å². The maximum absolute atomic E-state index is 14.0. The Hall–Kier alpha value is -2.14. The van der Waals surface area contributed by atoms with Crippen LogP contribution in [0.4, 0.5) is 4.39 Å². The van der Waals surface area contributed by atoms with Gasteiger partial charge in [0, 0.05) is 12.2 Å². The highest BCUT2D eigenvalue weighted by atomic mass is 19.1. The summed E-state index contributed by atoms with van der Waals surface area (Å²) in [7, 11) is 1.54. The molecule has 1 aromatic heterocycles. The molecule has 21 heavy (non-hydrogen) atoms. The number of nitrogens with zero attached hydrogens (tertiary/aromatic N) is 1. The highest BCUT2D eigenvalue weighted by Gasteiger charge is 2.13. The van der Waals surface area contributed by atoms with Crippen molar-refractivity contribution in [2.75, 3.05) is 7.11 Å². The topological polar surface area (TPSA) is 57.4 Å². The molecule has 1 unspecified atom stereocenters. The van der Waals surface area contributed by atoms with Crippen molar-refractivity contribution in [2.24, 2.45) is 5.73 Å². The first-order valence-electron chi connectivity index (χ1n) is 6.75. The van der Waals surface area contributed by atoms with Crippen LogP contribution in [-0.2, 0) is 13.0 Å². The number of hydrogen-bond donors (Lipinski definition) is 1. The van der Waals surface area contributed by atoms with Crippen molar-refractivity contribution in [3.8, 4) is 11.6 Å². The molecule has 112 valence electrons. The lowest BCUT2D eigenvalue weighted by Gasteiger charge is -2.14. The van der Waals surface area contributed by atoms with Crippen molar-refractivity contribution in [1.29, 1.82) is 0 Å². The Kier molecular flexibility index (Phi) is 5.11. The van der Waals surface area contributed by atoms with Gasteiger partial charge in [0.25, 0.3) is 0 Å². The molecule has 0 saturated heterocycles. The quantitative estimate of drug-likeness (QED) is 0.888. The average molecular weight is 290 g/mol. The van der Waals surface area contributed by atoms with E-state index >= 15 is 0 Å². The zero-order chi connectivity index (χ0) is 15.2. The van der Waals surface area contributed by atoms with Crippen LogP contribution in [0.15, 0.2) is 36.5 Å². The minimum atomic E-state index is -0.393. The van der Waals surface area contributed by atoms with E-state index in [-0.39, 0.29) is 18.4 Å². The molecule has 0 fully saturated rings. The maximum Gasteiger partial charge on any atom is 0.219 e. The summed E-state index contributed by atoms with van der Waals surface area (Å²) < 4.78 is 24.8. The van der Waals surface area contributed by atoms with Gasteiger partial charge in [0.15, 0.2) is 11.6 Å². The summed E-state index contributed by atoms with van der Waals surface area (Å²) in [6.45, 7) is 2.06. The predicted octanol–water partition coefficient (Wildman–Crippen LogP) is 2.70. The minimum Gasteiger partial charge on any atom is -0.485 e. The third-order valence-electron chi connectivity index (χ3n) is 3.01. The van der Waals surface area contributed by atoms with Crippen molar-refractivity contribution < 1.29 is 13.9 Å². The molecule has 1 aromatic carbocycles. The van der Waals surface area contributed by atoms with E-state index in [0.717, 1.165) is 11.1 Å². The van der Waals surface area contributed by atoms with Crippen LogP contribution in [-0.4, -0.2) is 18.1 Å². The molecule has 0 saturated carbocycles. The first-order chi connectivity index (χ1) is 10.1. The number of benzene rings is 1.